The van der Waals surface area contributed by atoms with E-state index in [1.165, 1.54) is 23.7 Å². The fraction of sp³-hybridized carbons (Fsp3) is 0.294. The zero-order valence-corrected chi connectivity index (χ0v) is 14.1. The second kappa shape index (κ2) is 8.47. The van der Waals surface area contributed by atoms with Crippen LogP contribution in [-0.2, 0) is 15.2 Å². The van der Waals surface area contributed by atoms with Crippen molar-refractivity contribution in [2.75, 3.05) is 13.1 Å². The van der Waals surface area contributed by atoms with Gasteiger partial charge in [0, 0.05) is 19.0 Å². The van der Waals surface area contributed by atoms with E-state index in [9.17, 15) is 14.7 Å². The summed E-state index contributed by atoms with van der Waals surface area (Å²) in [5.41, 5.74) is -0.339. The van der Waals surface area contributed by atoms with Crippen molar-refractivity contribution in [3.05, 3.63) is 52.6 Å². The van der Waals surface area contributed by atoms with Crippen LogP contribution in [0.4, 0.5) is 0 Å². The van der Waals surface area contributed by atoms with Gasteiger partial charge in [-0.2, -0.15) is 11.3 Å². The number of amides is 2. The molecular formula is C17H20N2O4S. The van der Waals surface area contributed by atoms with E-state index in [1.54, 1.807) is 25.1 Å². The Labute approximate surface area is 144 Å². The standard InChI is InChI=1S/C17H20N2O4S/c1-17(22,13-7-10-24-11-13)12-19-16(21)6-8-18-15(20)5-4-14-3-2-9-23-14/h2-5,7,9-11,22H,6,8,12H2,1H3,(H,18,20)(H,19,21)/b5-4+. The molecule has 2 rings (SSSR count). The van der Waals surface area contributed by atoms with Crippen molar-refractivity contribution in [1.82, 2.24) is 10.6 Å². The maximum Gasteiger partial charge on any atom is 0.244 e. The molecule has 0 fully saturated rings. The molecular weight excluding hydrogens is 328 g/mol. The Hall–Kier alpha value is -2.38. The normalized spacial score (nSPS) is 13.6. The molecule has 6 nitrogen and oxygen atoms in total. The summed E-state index contributed by atoms with van der Waals surface area (Å²) in [6.45, 7) is 1.99. The first kappa shape index (κ1) is 18.0. The molecule has 0 spiro atoms. The molecule has 2 heterocycles. The summed E-state index contributed by atoms with van der Waals surface area (Å²) in [5, 5.41) is 19.3. The number of carbonyl (C=O) groups excluding carboxylic acids is 2. The molecule has 24 heavy (non-hydrogen) atoms. The average Bonchev–Trinajstić information content (AvgIpc) is 3.24. The summed E-state index contributed by atoms with van der Waals surface area (Å²) in [5.74, 6) is 0.0452. The second-order valence-electron chi connectivity index (χ2n) is 5.45. The quantitative estimate of drug-likeness (QED) is 0.635. The summed E-state index contributed by atoms with van der Waals surface area (Å²) in [6.07, 6.45) is 4.55. The van der Waals surface area contributed by atoms with Crippen molar-refractivity contribution in [2.24, 2.45) is 0 Å². The van der Waals surface area contributed by atoms with Crippen molar-refractivity contribution in [3.8, 4) is 0 Å². The van der Waals surface area contributed by atoms with Crippen LogP contribution in [-0.4, -0.2) is 30.0 Å². The maximum absolute atomic E-state index is 11.8. The third-order valence-electron chi connectivity index (χ3n) is 3.37. The van der Waals surface area contributed by atoms with Crippen molar-refractivity contribution in [2.45, 2.75) is 18.9 Å². The highest BCUT2D eigenvalue weighted by molar-refractivity contribution is 7.08. The van der Waals surface area contributed by atoms with Crippen molar-refractivity contribution in [3.63, 3.8) is 0 Å². The van der Waals surface area contributed by atoms with E-state index >= 15 is 0 Å². The summed E-state index contributed by atoms with van der Waals surface area (Å²) in [7, 11) is 0. The minimum absolute atomic E-state index is 0.120. The largest absolute Gasteiger partial charge is 0.465 e. The first-order valence-corrected chi connectivity index (χ1v) is 8.43. The van der Waals surface area contributed by atoms with Gasteiger partial charge in [-0.25, -0.2) is 0 Å². The van der Waals surface area contributed by atoms with Crippen LogP contribution in [0.15, 0.2) is 45.7 Å². The smallest absolute Gasteiger partial charge is 0.244 e. The van der Waals surface area contributed by atoms with Gasteiger partial charge in [0.1, 0.15) is 11.4 Å². The van der Waals surface area contributed by atoms with Crippen molar-refractivity contribution >= 4 is 29.2 Å². The van der Waals surface area contributed by atoms with Crippen LogP contribution in [0.3, 0.4) is 0 Å². The molecule has 1 atom stereocenters. The lowest BCUT2D eigenvalue weighted by Gasteiger charge is -2.22. The number of furan rings is 1. The van der Waals surface area contributed by atoms with E-state index in [-0.39, 0.29) is 31.3 Å². The van der Waals surface area contributed by atoms with Crippen LogP contribution < -0.4 is 10.6 Å². The third-order valence-corrected chi connectivity index (χ3v) is 4.05. The van der Waals surface area contributed by atoms with Gasteiger partial charge in [-0.1, -0.05) is 0 Å². The van der Waals surface area contributed by atoms with Gasteiger partial charge in [0.05, 0.1) is 12.8 Å². The summed E-state index contributed by atoms with van der Waals surface area (Å²) < 4.78 is 5.07. The highest BCUT2D eigenvalue weighted by atomic mass is 32.1. The van der Waals surface area contributed by atoms with E-state index in [4.69, 9.17) is 4.42 Å². The molecule has 128 valence electrons. The Balaban J connectivity index is 1.65. The molecule has 0 saturated heterocycles. The van der Waals surface area contributed by atoms with Crippen LogP contribution in [0.1, 0.15) is 24.7 Å². The van der Waals surface area contributed by atoms with E-state index in [0.717, 1.165) is 5.56 Å². The van der Waals surface area contributed by atoms with Gasteiger partial charge in [-0.15, -0.1) is 0 Å². The number of rotatable bonds is 8. The Morgan fingerprint density at radius 2 is 2.21 bits per heavy atom. The van der Waals surface area contributed by atoms with Gasteiger partial charge in [0.2, 0.25) is 11.8 Å². The molecule has 0 aromatic carbocycles. The number of nitrogens with one attached hydrogen (secondary N) is 2. The molecule has 2 aromatic rings. The molecule has 2 aromatic heterocycles. The van der Waals surface area contributed by atoms with Crippen molar-refractivity contribution in [1.29, 1.82) is 0 Å². The number of thiophene rings is 1. The summed E-state index contributed by atoms with van der Waals surface area (Å²) >= 11 is 1.49. The fourth-order valence-electron chi connectivity index (χ4n) is 1.93. The molecule has 0 aliphatic heterocycles. The van der Waals surface area contributed by atoms with Gasteiger partial charge in [-0.3, -0.25) is 9.59 Å². The Bertz CT molecular complexity index is 676. The molecule has 0 aliphatic rings. The topological polar surface area (TPSA) is 91.6 Å². The molecule has 1 unspecified atom stereocenters. The predicted molar refractivity (Wildman–Crippen MR) is 92.3 cm³/mol. The van der Waals surface area contributed by atoms with Crippen LogP contribution in [0.2, 0.25) is 0 Å². The lowest BCUT2D eigenvalue weighted by molar-refractivity contribution is -0.122. The number of aliphatic hydroxyl groups is 1. The third kappa shape index (κ3) is 5.68. The minimum atomic E-state index is -1.11. The van der Waals surface area contributed by atoms with Gasteiger partial charge < -0.3 is 20.2 Å². The minimum Gasteiger partial charge on any atom is -0.465 e. The molecule has 0 radical (unpaired) electrons. The zero-order chi connectivity index (χ0) is 17.4. The Kier molecular flexibility index (Phi) is 6.34. The molecule has 0 bridgehead atoms. The monoisotopic (exact) mass is 348 g/mol. The molecule has 0 saturated carbocycles. The van der Waals surface area contributed by atoms with Gasteiger partial charge in [-0.05, 0) is 47.5 Å². The van der Waals surface area contributed by atoms with E-state index in [1.807, 2.05) is 16.8 Å². The first-order chi connectivity index (χ1) is 11.5. The molecule has 0 aliphatic carbocycles. The highest BCUT2D eigenvalue weighted by Gasteiger charge is 2.23. The number of carbonyl (C=O) groups is 2. The summed E-state index contributed by atoms with van der Waals surface area (Å²) in [4.78, 5) is 23.4. The van der Waals surface area contributed by atoms with E-state index in [2.05, 4.69) is 10.6 Å². The summed E-state index contributed by atoms with van der Waals surface area (Å²) in [6, 6.07) is 5.28. The average molecular weight is 348 g/mol. The first-order valence-electron chi connectivity index (χ1n) is 7.48. The van der Waals surface area contributed by atoms with Gasteiger partial charge in [0.15, 0.2) is 0 Å². The van der Waals surface area contributed by atoms with Gasteiger partial charge >= 0.3 is 0 Å². The number of hydrogen-bond donors (Lipinski definition) is 3. The van der Waals surface area contributed by atoms with E-state index < -0.39 is 5.60 Å². The second-order valence-corrected chi connectivity index (χ2v) is 6.23. The lowest BCUT2D eigenvalue weighted by Crippen LogP contribution is -2.39. The van der Waals surface area contributed by atoms with E-state index in [0.29, 0.717) is 5.76 Å². The van der Waals surface area contributed by atoms with Crippen LogP contribution >= 0.6 is 11.3 Å². The molecule has 3 N–H and O–H groups in total. The zero-order valence-electron chi connectivity index (χ0n) is 13.3. The van der Waals surface area contributed by atoms with Crippen LogP contribution in [0.5, 0.6) is 0 Å². The SMILES string of the molecule is CC(O)(CNC(=O)CCNC(=O)/C=C/c1ccco1)c1ccsc1. The Morgan fingerprint density at radius 3 is 2.88 bits per heavy atom. The van der Waals surface area contributed by atoms with Crippen LogP contribution in [0, 0.1) is 0 Å². The lowest BCUT2D eigenvalue weighted by atomic mass is 9.99. The molecule has 2 amide bonds. The Morgan fingerprint density at radius 1 is 1.38 bits per heavy atom. The van der Waals surface area contributed by atoms with Crippen molar-refractivity contribution < 1.29 is 19.1 Å². The highest BCUT2D eigenvalue weighted by Crippen LogP contribution is 2.21. The maximum atomic E-state index is 11.8. The predicted octanol–water partition coefficient (Wildman–Crippen LogP) is 1.88. The van der Waals surface area contributed by atoms with Gasteiger partial charge in [0.25, 0.3) is 0 Å². The number of hydrogen-bond acceptors (Lipinski definition) is 5. The van der Waals surface area contributed by atoms with Crippen LogP contribution in [0.25, 0.3) is 6.08 Å². The fourth-order valence-corrected chi connectivity index (χ4v) is 2.72. The molecule has 7 heteroatoms.